The standard InChI is InChI=1S/C16H14FN3O/c1-11-5-2-3-8-14(11)16-15(10-21)18-19-20(16)13-7-4-6-12(17)9-13/h2-9,21H,10H2,1H3. The Kier molecular flexibility index (Phi) is 3.50. The summed E-state index contributed by atoms with van der Waals surface area (Å²) >= 11 is 0. The van der Waals surface area contributed by atoms with Gasteiger partial charge in [0.15, 0.2) is 0 Å². The summed E-state index contributed by atoms with van der Waals surface area (Å²) in [5.41, 5.74) is 3.66. The average molecular weight is 283 g/mol. The van der Waals surface area contributed by atoms with Gasteiger partial charge in [0, 0.05) is 5.56 Å². The molecule has 0 bridgehead atoms. The second-order valence-corrected chi connectivity index (χ2v) is 4.75. The summed E-state index contributed by atoms with van der Waals surface area (Å²) in [7, 11) is 0. The quantitative estimate of drug-likeness (QED) is 0.804. The van der Waals surface area contributed by atoms with E-state index in [0.717, 1.165) is 11.1 Å². The number of halogens is 1. The summed E-state index contributed by atoms with van der Waals surface area (Å²) in [6, 6.07) is 13.9. The maximum Gasteiger partial charge on any atom is 0.125 e. The highest BCUT2D eigenvalue weighted by atomic mass is 19.1. The van der Waals surface area contributed by atoms with Crippen LogP contribution in [0.4, 0.5) is 4.39 Å². The van der Waals surface area contributed by atoms with E-state index < -0.39 is 0 Å². The van der Waals surface area contributed by atoms with E-state index in [9.17, 15) is 9.50 Å². The fourth-order valence-electron chi connectivity index (χ4n) is 2.32. The van der Waals surface area contributed by atoms with Gasteiger partial charge in [-0.05, 0) is 30.7 Å². The van der Waals surface area contributed by atoms with E-state index in [1.807, 2.05) is 31.2 Å². The van der Waals surface area contributed by atoms with Gasteiger partial charge in [0.05, 0.1) is 12.3 Å². The zero-order valence-corrected chi connectivity index (χ0v) is 11.5. The van der Waals surface area contributed by atoms with E-state index in [1.165, 1.54) is 12.1 Å². The van der Waals surface area contributed by atoms with Gasteiger partial charge in [-0.1, -0.05) is 35.5 Å². The van der Waals surface area contributed by atoms with E-state index in [1.54, 1.807) is 16.8 Å². The molecule has 0 saturated carbocycles. The van der Waals surface area contributed by atoms with Crippen LogP contribution < -0.4 is 0 Å². The fourth-order valence-corrected chi connectivity index (χ4v) is 2.32. The third kappa shape index (κ3) is 2.43. The van der Waals surface area contributed by atoms with Crippen molar-refractivity contribution >= 4 is 0 Å². The maximum atomic E-state index is 13.4. The van der Waals surface area contributed by atoms with E-state index in [2.05, 4.69) is 10.3 Å². The lowest BCUT2D eigenvalue weighted by Gasteiger charge is -2.10. The molecule has 0 radical (unpaired) electrons. The Balaban J connectivity index is 2.24. The molecule has 106 valence electrons. The second kappa shape index (κ2) is 5.46. The molecule has 0 atom stereocenters. The minimum atomic E-state index is -0.343. The van der Waals surface area contributed by atoms with Gasteiger partial charge in [-0.3, -0.25) is 0 Å². The Morgan fingerprint density at radius 2 is 1.95 bits per heavy atom. The zero-order chi connectivity index (χ0) is 14.8. The molecule has 1 aromatic heterocycles. The lowest BCUT2D eigenvalue weighted by Crippen LogP contribution is -2.01. The minimum Gasteiger partial charge on any atom is -0.390 e. The van der Waals surface area contributed by atoms with Crippen LogP contribution in [0.25, 0.3) is 16.9 Å². The Labute approximate surface area is 121 Å². The topological polar surface area (TPSA) is 50.9 Å². The molecule has 3 aromatic rings. The Morgan fingerprint density at radius 1 is 1.14 bits per heavy atom. The number of hydrogen-bond acceptors (Lipinski definition) is 3. The monoisotopic (exact) mass is 283 g/mol. The van der Waals surface area contributed by atoms with Crippen LogP contribution in [-0.4, -0.2) is 20.1 Å². The zero-order valence-electron chi connectivity index (χ0n) is 11.5. The van der Waals surface area contributed by atoms with Crippen LogP contribution in [0.1, 0.15) is 11.3 Å². The fraction of sp³-hybridized carbons (Fsp3) is 0.125. The van der Waals surface area contributed by atoms with Crippen molar-refractivity contribution in [2.45, 2.75) is 13.5 Å². The summed E-state index contributed by atoms with van der Waals surface area (Å²) in [6.45, 7) is 1.75. The van der Waals surface area contributed by atoms with Gasteiger partial charge >= 0.3 is 0 Å². The number of aromatic nitrogens is 3. The molecule has 0 unspecified atom stereocenters. The van der Waals surface area contributed by atoms with Gasteiger partial charge in [0.1, 0.15) is 17.2 Å². The number of rotatable bonds is 3. The molecule has 0 aliphatic rings. The van der Waals surface area contributed by atoms with Crippen molar-refractivity contribution in [3.05, 3.63) is 65.6 Å². The first-order valence-electron chi connectivity index (χ1n) is 6.58. The average Bonchev–Trinajstić information content (AvgIpc) is 2.91. The molecule has 1 N–H and O–H groups in total. The van der Waals surface area contributed by atoms with E-state index in [0.29, 0.717) is 17.1 Å². The summed E-state index contributed by atoms with van der Waals surface area (Å²) in [4.78, 5) is 0. The van der Waals surface area contributed by atoms with Crippen molar-refractivity contribution in [3.63, 3.8) is 0 Å². The van der Waals surface area contributed by atoms with E-state index in [4.69, 9.17) is 0 Å². The highest BCUT2D eigenvalue weighted by Crippen LogP contribution is 2.28. The number of nitrogens with zero attached hydrogens (tertiary/aromatic N) is 3. The van der Waals surface area contributed by atoms with Crippen molar-refractivity contribution in [2.75, 3.05) is 0 Å². The van der Waals surface area contributed by atoms with Crippen LogP contribution in [0.15, 0.2) is 48.5 Å². The molecule has 2 aromatic carbocycles. The third-order valence-electron chi connectivity index (χ3n) is 3.34. The SMILES string of the molecule is Cc1ccccc1-c1c(CO)nnn1-c1cccc(F)c1. The van der Waals surface area contributed by atoms with Gasteiger partial charge in [0.25, 0.3) is 0 Å². The second-order valence-electron chi connectivity index (χ2n) is 4.75. The van der Waals surface area contributed by atoms with Crippen molar-refractivity contribution in [2.24, 2.45) is 0 Å². The highest BCUT2D eigenvalue weighted by molar-refractivity contribution is 5.67. The van der Waals surface area contributed by atoms with Crippen LogP contribution in [0.5, 0.6) is 0 Å². The molecule has 3 rings (SSSR count). The molecule has 0 fully saturated rings. The largest absolute Gasteiger partial charge is 0.390 e. The lowest BCUT2D eigenvalue weighted by atomic mass is 10.0. The molecule has 0 spiro atoms. The van der Waals surface area contributed by atoms with Crippen LogP contribution in [0.2, 0.25) is 0 Å². The van der Waals surface area contributed by atoms with Crippen molar-refractivity contribution in [1.82, 2.24) is 15.0 Å². The predicted molar refractivity (Wildman–Crippen MR) is 77.4 cm³/mol. The van der Waals surface area contributed by atoms with Crippen LogP contribution in [0, 0.1) is 12.7 Å². The molecular formula is C16H14FN3O. The molecular weight excluding hydrogens is 269 g/mol. The van der Waals surface area contributed by atoms with Crippen molar-refractivity contribution in [3.8, 4) is 16.9 Å². The first kappa shape index (κ1) is 13.5. The smallest absolute Gasteiger partial charge is 0.125 e. The summed E-state index contributed by atoms with van der Waals surface area (Å²) in [5, 5.41) is 17.6. The number of hydrogen-bond donors (Lipinski definition) is 1. The number of benzene rings is 2. The first-order valence-corrected chi connectivity index (χ1v) is 6.58. The molecule has 0 amide bonds. The molecule has 21 heavy (non-hydrogen) atoms. The normalized spacial score (nSPS) is 10.8. The molecule has 0 aliphatic carbocycles. The highest BCUT2D eigenvalue weighted by Gasteiger charge is 2.17. The van der Waals surface area contributed by atoms with Gasteiger partial charge in [-0.2, -0.15) is 0 Å². The van der Waals surface area contributed by atoms with Gasteiger partial charge in [0.2, 0.25) is 0 Å². The first-order chi connectivity index (χ1) is 10.2. The number of aryl methyl sites for hydroxylation is 1. The Morgan fingerprint density at radius 3 is 2.67 bits per heavy atom. The summed E-state index contributed by atoms with van der Waals surface area (Å²) < 4.78 is 15.0. The molecule has 4 nitrogen and oxygen atoms in total. The van der Waals surface area contributed by atoms with E-state index in [-0.39, 0.29) is 12.4 Å². The Hall–Kier alpha value is -2.53. The van der Waals surface area contributed by atoms with Crippen molar-refractivity contribution < 1.29 is 9.50 Å². The van der Waals surface area contributed by atoms with E-state index >= 15 is 0 Å². The minimum absolute atomic E-state index is 0.223. The molecule has 0 saturated heterocycles. The van der Waals surface area contributed by atoms with Gasteiger partial charge < -0.3 is 5.11 Å². The Bertz CT molecular complexity index is 783. The molecule has 0 aliphatic heterocycles. The molecule has 5 heteroatoms. The summed E-state index contributed by atoms with van der Waals surface area (Å²) in [6.07, 6.45) is 0. The molecule has 1 heterocycles. The van der Waals surface area contributed by atoms with Gasteiger partial charge in [-0.15, -0.1) is 5.10 Å². The maximum absolute atomic E-state index is 13.4. The van der Waals surface area contributed by atoms with Crippen LogP contribution in [0.3, 0.4) is 0 Å². The number of aliphatic hydroxyl groups is 1. The van der Waals surface area contributed by atoms with Crippen LogP contribution >= 0.6 is 0 Å². The lowest BCUT2D eigenvalue weighted by molar-refractivity contribution is 0.277. The van der Waals surface area contributed by atoms with Crippen LogP contribution in [-0.2, 0) is 6.61 Å². The number of aliphatic hydroxyl groups excluding tert-OH is 1. The third-order valence-corrected chi connectivity index (χ3v) is 3.34. The van der Waals surface area contributed by atoms with Gasteiger partial charge in [-0.25, -0.2) is 9.07 Å². The predicted octanol–water partition coefficient (Wildman–Crippen LogP) is 2.87. The summed E-state index contributed by atoms with van der Waals surface area (Å²) in [5.74, 6) is -0.343. The van der Waals surface area contributed by atoms with Crippen molar-refractivity contribution in [1.29, 1.82) is 0 Å².